The number of hydrogen-bond acceptors (Lipinski definition) is 6. The molecule has 8 nitrogen and oxygen atoms in total. The molecule has 1 aliphatic rings. The largest absolute Gasteiger partial charge is 0.408 e. The second-order valence-electron chi connectivity index (χ2n) is 4.52. The first-order valence-corrected chi connectivity index (χ1v) is 10.7. The topological polar surface area (TPSA) is 77.5 Å². The molecule has 1 fully saturated rings. The van der Waals surface area contributed by atoms with Gasteiger partial charge in [-0.3, -0.25) is 18.1 Å². The number of piperazine rings is 1. The summed E-state index contributed by atoms with van der Waals surface area (Å²) in [7, 11) is -6.54. The predicted molar refractivity (Wildman–Crippen MR) is 84.9 cm³/mol. The van der Waals surface area contributed by atoms with Crippen LogP contribution < -0.4 is 0 Å². The van der Waals surface area contributed by atoms with Gasteiger partial charge in [0, 0.05) is 26.2 Å². The lowest BCUT2D eigenvalue weighted by molar-refractivity contribution is 0.121. The van der Waals surface area contributed by atoms with Crippen molar-refractivity contribution >= 4 is 15.5 Å². The first-order valence-electron chi connectivity index (χ1n) is 7.74. The van der Waals surface area contributed by atoms with Crippen LogP contribution in [0.25, 0.3) is 0 Å². The van der Waals surface area contributed by atoms with Crippen LogP contribution in [0.4, 0.5) is 0 Å². The van der Waals surface area contributed by atoms with Crippen LogP contribution in [0, 0.1) is 0 Å². The van der Waals surface area contributed by atoms with Gasteiger partial charge in [-0.25, -0.2) is 18.5 Å². The van der Waals surface area contributed by atoms with Crippen molar-refractivity contribution in [1.29, 1.82) is 0 Å². The second-order valence-corrected chi connectivity index (χ2v) is 8.55. The highest BCUT2D eigenvalue weighted by molar-refractivity contribution is 7.51. The van der Waals surface area contributed by atoms with Crippen LogP contribution in [-0.2, 0) is 27.2 Å². The summed E-state index contributed by atoms with van der Waals surface area (Å²) in [5.41, 5.74) is 0. The van der Waals surface area contributed by atoms with E-state index in [0.29, 0.717) is 52.6 Å². The zero-order valence-electron chi connectivity index (χ0n) is 13.9. The number of rotatable bonds is 10. The van der Waals surface area contributed by atoms with Gasteiger partial charge in [0.15, 0.2) is 0 Å². The molecule has 0 N–H and O–H groups in total. The molecule has 0 radical (unpaired) electrons. The van der Waals surface area contributed by atoms with E-state index in [9.17, 15) is 9.13 Å². The van der Waals surface area contributed by atoms with E-state index in [-0.39, 0.29) is 0 Å². The van der Waals surface area contributed by atoms with E-state index < -0.39 is 15.5 Å². The van der Waals surface area contributed by atoms with Crippen molar-refractivity contribution in [3.8, 4) is 0 Å². The summed E-state index contributed by atoms with van der Waals surface area (Å²) in [6.45, 7) is 10.0. The van der Waals surface area contributed by atoms with Gasteiger partial charge in [-0.2, -0.15) is 0 Å². The molecule has 0 aromatic rings. The van der Waals surface area contributed by atoms with Crippen LogP contribution in [0.5, 0.6) is 0 Å². The molecule has 0 aliphatic carbocycles. The molecule has 132 valence electrons. The summed E-state index contributed by atoms with van der Waals surface area (Å²) < 4.78 is 50.1. The predicted octanol–water partition coefficient (Wildman–Crippen LogP) is 2.97. The lowest BCUT2D eigenvalue weighted by Crippen LogP contribution is -2.44. The van der Waals surface area contributed by atoms with E-state index in [2.05, 4.69) is 0 Å². The SMILES string of the molecule is CCOP(=O)(OCC)N1CCN(P(=O)(OCC)OCC)CC1. The Morgan fingerprint density at radius 1 is 0.636 bits per heavy atom. The quantitative estimate of drug-likeness (QED) is 0.552. The molecule has 22 heavy (non-hydrogen) atoms. The number of nitrogens with zero attached hydrogens (tertiary/aromatic N) is 2. The second kappa shape index (κ2) is 9.50. The normalized spacial score (nSPS) is 18.7. The molecule has 1 saturated heterocycles. The van der Waals surface area contributed by atoms with Gasteiger partial charge in [0.25, 0.3) is 0 Å². The fourth-order valence-corrected chi connectivity index (χ4v) is 5.67. The zero-order chi connectivity index (χ0) is 16.6. The molecule has 0 atom stereocenters. The molecular formula is C12H28N2O6P2. The molecular weight excluding hydrogens is 330 g/mol. The minimum Gasteiger partial charge on any atom is -0.297 e. The Morgan fingerprint density at radius 2 is 0.864 bits per heavy atom. The summed E-state index contributed by atoms with van der Waals surface area (Å²) in [6.07, 6.45) is 0. The van der Waals surface area contributed by atoms with E-state index in [4.69, 9.17) is 18.1 Å². The Hall–Kier alpha value is 0.220. The minimum absolute atomic E-state index is 0.313. The maximum Gasteiger partial charge on any atom is 0.408 e. The van der Waals surface area contributed by atoms with Crippen LogP contribution in [0.15, 0.2) is 0 Å². The van der Waals surface area contributed by atoms with Gasteiger partial charge in [-0.1, -0.05) is 0 Å². The van der Waals surface area contributed by atoms with E-state index in [1.165, 1.54) is 0 Å². The summed E-state index contributed by atoms with van der Waals surface area (Å²) in [5.74, 6) is 0. The molecule has 0 aromatic heterocycles. The molecule has 0 amide bonds. The minimum atomic E-state index is -3.27. The fourth-order valence-electron chi connectivity index (χ4n) is 2.23. The van der Waals surface area contributed by atoms with Crippen molar-refractivity contribution in [1.82, 2.24) is 9.34 Å². The third-order valence-electron chi connectivity index (χ3n) is 3.09. The lowest BCUT2D eigenvalue weighted by Gasteiger charge is -2.39. The summed E-state index contributed by atoms with van der Waals surface area (Å²) in [6, 6.07) is 0. The van der Waals surface area contributed by atoms with Crippen molar-refractivity contribution in [2.24, 2.45) is 0 Å². The van der Waals surface area contributed by atoms with Crippen LogP contribution in [0.2, 0.25) is 0 Å². The Kier molecular flexibility index (Phi) is 8.75. The monoisotopic (exact) mass is 358 g/mol. The highest BCUT2D eigenvalue weighted by Gasteiger charge is 2.41. The molecule has 0 aromatic carbocycles. The average molecular weight is 358 g/mol. The van der Waals surface area contributed by atoms with Crippen LogP contribution in [0.3, 0.4) is 0 Å². The highest BCUT2D eigenvalue weighted by Crippen LogP contribution is 2.56. The third kappa shape index (κ3) is 5.11. The molecule has 1 aliphatic heterocycles. The van der Waals surface area contributed by atoms with Crippen LogP contribution in [-0.4, -0.2) is 61.9 Å². The zero-order valence-corrected chi connectivity index (χ0v) is 15.7. The van der Waals surface area contributed by atoms with Gasteiger partial charge in [0.1, 0.15) is 0 Å². The van der Waals surface area contributed by atoms with Crippen molar-refractivity contribution in [2.75, 3.05) is 52.6 Å². The van der Waals surface area contributed by atoms with Gasteiger partial charge in [-0.05, 0) is 27.7 Å². The molecule has 0 bridgehead atoms. The summed E-state index contributed by atoms with van der Waals surface area (Å²) >= 11 is 0. The van der Waals surface area contributed by atoms with E-state index >= 15 is 0 Å². The molecule has 1 rings (SSSR count). The van der Waals surface area contributed by atoms with Gasteiger partial charge < -0.3 is 0 Å². The molecule has 1 heterocycles. The molecule has 0 spiro atoms. The first kappa shape index (κ1) is 20.3. The van der Waals surface area contributed by atoms with Gasteiger partial charge in [0.2, 0.25) is 0 Å². The maximum atomic E-state index is 12.7. The first-order chi connectivity index (χ1) is 10.5. The Morgan fingerprint density at radius 3 is 1.05 bits per heavy atom. The Balaban J connectivity index is 2.72. The molecule has 0 saturated carbocycles. The highest BCUT2D eigenvalue weighted by atomic mass is 31.2. The molecule has 10 heteroatoms. The Bertz CT molecular complexity index is 356. The average Bonchev–Trinajstić information content (AvgIpc) is 2.48. The van der Waals surface area contributed by atoms with Gasteiger partial charge in [0.05, 0.1) is 26.4 Å². The lowest BCUT2D eigenvalue weighted by atomic mass is 10.4. The fraction of sp³-hybridized carbons (Fsp3) is 1.00. The molecule has 0 unspecified atom stereocenters. The van der Waals surface area contributed by atoms with Gasteiger partial charge >= 0.3 is 15.5 Å². The van der Waals surface area contributed by atoms with E-state index in [1.54, 1.807) is 37.0 Å². The van der Waals surface area contributed by atoms with E-state index in [1.807, 2.05) is 0 Å². The van der Waals surface area contributed by atoms with Crippen molar-refractivity contribution in [3.63, 3.8) is 0 Å². The van der Waals surface area contributed by atoms with Crippen molar-refractivity contribution in [3.05, 3.63) is 0 Å². The Labute approximate surface area is 133 Å². The van der Waals surface area contributed by atoms with Crippen LogP contribution >= 0.6 is 15.5 Å². The number of hydrogen-bond donors (Lipinski definition) is 0. The summed E-state index contributed by atoms with van der Waals surface area (Å²) in [5, 5.41) is 0. The maximum absolute atomic E-state index is 12.7. The van der Waals surface area contributed by atoms with Crippen LogP contribution in [0.1, 0.15) is 27.7 Å². The smallest absolute Gasteiger partial charge is 0.297 e. The van der Waals surface area contributed by atoms with E-state index in [0.717, 1.165) is 0 Å². The third-order valence-corrected chi connectivity index (χ3v) is 7.62. The van der Waals surface area contributed by atoms with Gasteiger partial charge in [-0.15, -0.1) is 0 Å². The van der Waals surface area contributed by atoms with Crippen molar-refractivity contribution in [2.45, 2.75) is 27.7 Å². The standard InChI is InChI=1S/C12H28N2O6P2/c1-5-17-21(15,18-6-2)13-9-11-14(12-10-13)22(16,19-7-3)20-8-4/h5-12H2,1-4H3. The van der Waals surface area contributed by atoms with Crippen molar-refractivity contribution < 1.29 is 27.2 Å². The summed E-state index contributed by atoms with van der Waals surface area (Å²) in [4.78, 5) is 0.